The molecule has 3 N–H and O–H groups in total. The van der Waals surface area contributed by atoms with E-state index in [-0.39, 0.29) is 5.75 Å². The average Bonchev–Trinajstić information content (AvgIpc) is 2.66. The highest BCUT2D eigenvalue weighted by molar-refractivity contribution is 5.53. The fraction of sp³-hybridized carbons (Fsp3) is 0.333. The maximum absolute atomic E-state index is 10.7. The normalized spacial score (nSPS) is 20.6. The molecule has 0 fully saturated rings. The van der Waals surface area contributed by atoms with E-state index in [1.54, 1.807) is 50.6 Å². The van der Waals surface area contributed by atoms with Gasteiger partial charge >= 0.3 is 0 Å². The summed E-state index contributed by atoms with van der Waals surface area (Å²) < 4.78 is 10.7. The van der Waals surface area contributed by atoms with Gasteiger partial charge in [0.1, 0.15) is 5.75 Å². The lowest BCUT2D eigenvalue weighted by atomic mass is 9.77. The molecule has 5 nitrogen and oxygen atoms in total. The summed E-state index contributed by atoms with van der Waals surface area (Å²) in [6.07, 6.45) is 3.27. The molecule has 0 saturated heterocycles. The summed E-state index contributed by atoms with van der Waals surface area (Å²) in [5.74, 6) is 0.989. The smallest absolute Gasteiger partial charge is 0.161 e. The van der Waals surface area contributed by atoms with Gasteiger partial charge in [0, 0.05) is 5.92 Å². The molecule has 0 aliphatic heterocycles. The molecule has 3 rings (SSSR count). The predicted octanol–water partition coefficient (Wildman–Crippen LogP) is 2.87. The van der Waals surface area contributed by atoms with Crippen LogP contribution < -0.4 is 9.47 Å². The third kappa shape index (κ3) is 3.69. The number of aryl methyl sites for hydroxylation is 1. The zero-order valence-electron chi connectivity index (χ0n) is 14.9. The number of rotatable bonds is 5. The second-order valence-electron chi connectivity index (χ2n) is 6.48. The number of aromatic hydroxyl groups is 1. The highest BCUT2D eigenvalue weighted by Gasteiger charge is 2.33. The molecular weight excluding hydrogens is 332 g/mol. The molecule has 1 aliphatic rings. The average molecular weight is 356 g/mol. The third-order valence-electron chi connectivity index (χ3n) is 4.88. The Bertz CT molecular complexity index is 782. The number of methoxy groups -OCH3 is 2. The fourth-order valence-electron chi connectivity index (χ4n) is 3.48. The summed E-state index contributed by atoms with van der Waals surface area (Å²) in [7, 11) is 3.16. The van der Waals surface area contributed by atoms with Crippen molar-refractivity contribution in [1.82, 2.24) is 0 Å². The zero-order valence-corrected chi connectivity index (χ0v) is 14.9. The van der Waals surface area contributed by atoms with Crippen molar-refractivity contribution < 1.29 is 24.8 Å². The van der Waals surface area contributed by atoms with Gasteiger partial charge in [-0.15, -0.1) is 0 Å². The summed E-state index contributed by atoms with van der Waals surface area (Å²) >= 11 is 0. The topological polar surface area (TPSA) is 79.2 Å². The number of benzene rings is 2. The minimum absolute atomic E-state index is 0.195. The van der Waals surface area contributed by atoms with Crippen LogP contribution in [0.5, 0.6) is 17.2 Å². The molecule has 5 heteroatoms. The summed E-state index contributed by atoms with van der Waals surface area (Å²) in [6.45, 7) is 0. The van der Waals surface area contributed by atoms with Gasteiger partial charge < -0.3 is 24.8 Å². The van der Waals surface area contributed by atoms with E-state index >= 15 is 0 Å². The molecule has 26 heavy (non-hydrogen) atoms. The van der Waals surface area contributed by atoms with Gasteiger partial charge in [-0.05, 0) is 53.8 Å². The van der Waals surface area contributed by atoms with Crippen LogP contribution in [0.1, 0.15) is 29.0 Å². The highest BCUT2D eigenvalue weighted by atomic mass is 16.5. The molecule has 0 heterocycles. The Hall–Kier alpha value is -2.50. The lowest BCUT2D eigenvalue weighted by Gasteiger charge is -2.33. The molecule has 0 radical (unpaired) electrons. The van der Waals surface area contributed by atoms with Crippen molar-refractivity contribution >= 4 is 6.08 Å². The van der Waals surface area contributed by atoms with Crippen molar-refractivity contribution in [3.8, 4) is 17.2 Å². The predicted molar refractivity (Wildman–Crippen MR) is 99.8 cm³/mol. The Labute approximate surface area is 153 Å². The minimum Gasteiger partial charge on any atom is -0.508 e. The largest absolute Gasteiger partial charge is 0.508 e. The van der Waals surface area contributed by atoms with Crippen LogP contribution >= 0.6 is 0 Å². The first-order valence-electron chi connectivity index (χ1n) is 8.61. The van der Waals surface area contributed by atoms with Gasteiger partial charge in [0.25, 0.3) is 0 Å². The Morgan fingerprint density at radius 1 is 1.08 bits per heavy atom. The molecule has 0 spiro atoms. The second-order valence-corrected chi connectivity index (χ2v) is 6.48. The van der Waals surface area contributed by atoms with Crippen molar-refractivity contribution in [3.63, 3.8) is 0 Å². The number of hydrogen-bond donors (Lipinski definition) is 3. The van der Waals surface area contributed by atoms with Crippen LogP contribution in [0.3, 0.4) is 0 Å². The van der Waals surface area contributed by atoms with Gasteiger partial charge in [-0.1, -0.05) is 24.3 Å². The number of hydrogen-bond acceptors (Lipinski definition) is 5. The fourth-order valence-corrected chi connectivity index (χ4v) is 3.48. The van der Waals surface area contributed by atoms with Gasteiger partial charge in [0.15, 0.2) is 11.5 Å². The summed E-state index contributed by atoms with van der Waals surface area (Å²) in [5, 5.41) is 30.6. The van der Waals surface area contributed by atoms with Crippen LogP contribution in [-0.4, -0.2) is 41.7 Å². The van der Waals surface area contributed by atoms with Crippen LogP contribution in [0.25, 0.3) is 6.08 Å². The second kappa shape index (κ2) is 7.81. The molecule has 0 bridgehead atoms. The van der Waals surface area contributed by atoms with Crippen molar-refractivity contribution in [2.75, 3.05) is 14.2 Å². The van der Waals surface area contributed by atoms with Crippen LogP contribution in [-0.2, 0) is 6.42 Å². The van der Waals surface area contributed by atoms with E-state index in [0.29, 0.717) is 17.9 Å². The molecule has 2 aromatic carbocycles. The summed E-state index contributed by atoms with van der Waals surface area (Å²) in [6, 6.07) is 10.5. The summed E-state index contributed by atoms with van der Waals surface area (Å²) in [4.78, 5) is 0. The molecule has 2 aromatic rings. The van der Waals surface area contributed by atoms with Gasteiger partial charge in [0.05, 0.1) is 26.4 Å². The standard InChI is InChI=1S/C21H24O5/c1-25-19-11-14-6-10-18(24)21(16(14)12-20(19)26-2)17(23)9-5-13-3-7-15(22)8-4-13/h3-5,7-9,11-12,17-18,21-24H,6,10H2,1-2H3. The van der Waals surface area contributed by atoms with Gasteiger partial charge in [-0.2, -0.15) is 0 Å². The Morgan fingerprint density at radius 2 is 1.73 bits per heavy atom. The Kier molecular flexibility index (Phi) is 5.49. The molecule has 1 aliphatic carbocycles. The molecule has 0 saturated carbocycles. The van der Waals surface area contributed by atoms with Crippen molar-refractivity contribution in [3.05, 3.63) is 59.2 Å². The number of phenols is 1. The third-order valence-corrected chi connectivity index (χ3v) is 4.88. The van der Waals surface area contributed by atoms with E-state index in [2.05, 4.69) is 0 Å². The Balaban J connectivity index is 1.90. The number of ether oxygens (including phenoxy) is 2. The maximum Gasteiger partial charge on any atom is 0.161 e. The number of aliphatic hydroxyl groups excluding tert-OH is 2. The number of fused-ring (bicyclic) bond motifs is 1. The van der Waals surface area contributed by atoms with Crippen molar-refractivity contribution in [1.29, 1.82) is 0 Å². The lowest BCUT2D eigenvalue weighted by molar-refractivity contribution is 0.0640. The van der Waals surface area contributed by atoms with E-state index in [0.717, 1.165) is 23.1 Å². The van der Waals surface area contributed by atoms with Crippen molar-refractivity contribution in [2.24, 2.45) is 0 Å². The van der Waals surface area contributed by atoms with E-state index in [1.807, 2.05) is 12.1 Å². The van der Waals surface area contributed by atoms with Crippen LogP contribution in [0.15, 0.2) is 42.5 Å². The summed E-state index contributed by atoms with van der Waals surface area (Å²) in [5.41, 5.74) is 2.79. The van der Waals surface area contributed by atoms with Crippen LogP contribution in [0.4, 0.5) is 0 Å². The SMILES string of the molecule is COc1cc2c(cc1OC)C(C(O)C=Cc1ccc(O)cc1)C(O)CC2. The highest BCUT2D eigenvalue weighted by Crippen LogP contribution is 2.41. The van der Waals surface area contributed by atoms with E-state index < -0.39 is 18.1 Å². The lowest BCUT2D eigenvalue weighted by Crippen LogP contribution is -2.33. The molecule has 0 amide bonds. The van der Waals surface area contributed by atoms with E-state index in [9.17, 15) is 15.3 Å². The monoisotopic (exact) mass is 356 g/mol. The number of aliphatic hydroxyl groups is 2. The molecule has 0 aromatic heterocycles. The van der Waals surface area contributed by atoms with E-state index in [1.165, 1.54) is 0 Å². The van der Waals surface area contributed by atoms with Gasteiger partial charge in [0.2, 0.25) is 0 Å². The van der Waals surface area contributed by atoms with Crippen molar-refractivity contribution in [2.45, 2.75) is 31.0 Å². The van der Waals surface area contributed by atoms with Gasteiger partial charge in [-0.25, -0.2) is 0 Å². The zero-order chi connectivity index (χ0) is 18.7. The molecule has 3 atom stereocenters. The molecule has 3 unspecified atom stereocenters. The van der Waals surface area contributed by atoms with Gasteiger partial charge in [-0.3, -0.25) is 0 Å². The Morgan fingerprint density at radius 3 is 2.38 bits per heavy atom. The number of phenolic OH excluding ortho intramolecular Hbond substituents is 1. The van der Waals surface area contributed by atoms with E-state index in [4.69, 9.17) is 9.47 Å². The first kappa shape index (κ1) is 18.3. The molecule has 138 valence electrons. The van der Waals surface area contributed by atoms with Crippen LogP contribution in [0.2, 0.25) is 0 Å². The maximum atomic E-state index is 10.7. The first-order valence-corrected chi connectivity index (χ1v) is 8.61. The molecular formula is C21H24O5. The minimum atomic E-state index is -0.851. The van der Waals surface area contributed by atoms with Crippen LogP contribution in [0, 0.1) is 0 Å². The first-order chi connectivity index (χ1) is 12.5. The quantitative estimate of drug-likeness (QED) is 0.768.